The molecule has 0 spiro atoms. The molecule has 0 saturated carbocycles. The van der Waals surface area contributed by atoms with Gasteiger partial charge in [0, 0.05) is 49.5 Å². The Hall–Kier alpha value is -8.61. The van der Waals surface area contributed by atoms with Crippen LogP contribution in [0.4, 0.5) is 0 Å². The van der Waals surface area contributed by atoms with Gasteiger partial charge in [0.2, 0.25) is 5.95 Å². The van der Waals surface area contributed by atoms with Crippen LogP contribution in [0.1, 0.15) is 12.3 Å². The maximum Gasteiger partial charge on any atom is 0.238 e. The van der Waals surface area contributed by atoms with E-state index in [-0.39, 0.29) is 70.5 Å². The van der Waals surface area contributed by atoms with Crippen molar-refractivity contribution < 1.29 is 21.2 Å². The minimum atomic E-state index is -0.487. The molecule has 13 rings (SSSR count). The largest absolute Gasteiger partial charge is 0.456 e. The normalized spacial score (nSPS) is 13.8. The van der Waals surface area contributed by atoms with E-state index in [1.807, 2.05) is 71.3 Å². The monoisotopic (exact) mass is 815 g/mol. The zero-order valence-corrected chi connectivity index (χ0v) is 33.0. The maximum atomic E-state index is 9.45. The van der Waals surface area contributed by atoms with Gasteiger partial charge in [0.25, 0.3) is 0 Å². The molecule has 0 N–H and O–H groups in total. The first kappa shape index (κ1) is 27.3. The molecule has 9 aromatic carbocycles. The van der Waals surface area contributed by atoms with Crippen molar-refractivity contribution in [1.82, 2.24) is 19.5 Å². The molecular weight excluding hydrogens is 773 g/mol. The first-order valence-corrected chi connectivity index (χ1v) is 20.4. The van der Waals surface area contributed by atoms with E-state index in [4.69, 9.17) is 30.6 Å². The lowest BCUT2D eigenvalue weighted by Crippen LogP contribution is -2.06. The highest BCUT2D eigenvalue weighted by Gasteiger charge is 2.22. The van der Waals surface area contributed by atoms with Crippen molar-refractivity contribution >= 4 is 65.7 Å². The number of rotatable bonds is 6. The Balaban J connectivity index is 1.09. The van der Waals surface area contributed by atoms with Crippen molar-refractivity contribution in [2.75, 3.05) is 0 Å². The summed E-state index contributed by atoms with van der Waals surface area (Å²) in [4.78, 5) is 15.2. The van der Waals surface area contributed by atoms with Crippen LogP contribution in [-0.4, -0.2) is 19.5 Å². The number of aromatic nitrogens is 4. The van der Waals surface area contributed by atoms with E-state index < -0.39 is 18.1 Å². The maximum absolute atomic E-state index is 9.45. The van der Waals surface area contributed by atoms with Crippen molar-refractivity contribution in [3.05, 3.63) is 206 Å². The van der Waals surface area contributed by atoms with E-state index >= 15 is 0 Å². The zero-order valence-electron chi connectivity index (χ0n) is 42.0. The summed E-state index contributed by atoms with van der Waals surface area (Å²) in [6, 6.07) is 44.3. The fourth-order valence-electron chi connectivity index (χ4n) is 8.70. The highest BCUT2D eigenvalue weighted by atomic mass is 16.3. The molecule has 0 aliphatic carbocycles. The van der Waals surface area contributed by atoms with Gasteiger partial charge in [-0.2, -0.15) is 9.97 Å². The Morgan fingerprint density at radius 2 is 1.00 bits per heavy atom. The Morgan fingerprint density at radius 1 is 0.365 bits per heavy atom. The van der Waals surface area contributed by atoms with Gasteiger partial charge in [-0.15, -0.1) is 0 Å². The Kier molecular flexibility index (Phi) is 6.05. The van der Waals surface area contributed by atoms with E-state index in [0.29, 0.717) is 49.7 Å². The number of fused-ring (bicyclic) bond motifs is 9. The van der Waals surface area contributed by atoms with Gasteiger partial charge in [-0.25, -0.2) is 4.98 Å². The van der Waals surface area contributed by atoms with Crippen LogP contribution in [0.3, 0.4) is 0 Å². The smallest absolute Gasteiger partial charge is 0.238 e. The number of benzene rings is 9. The van der Waals surface area contributed by atoms with Gasteiger partial charge in [0.05, 0.1) is 23.4 Å². The number of furan rings is 2. The lowest BCUT2D eigenvalue weighted by atomic mass is 9.99. The first-order valence-electron chi connectivity index (χ1n) is 24.9. The molecule has 6 heteroatoms. The lowest BCUT2D eigenvalue weighted by Gasteiger charge is -2.12. The van der Waals surface area contributed by atoms with Gasteiger partial charge in [-0.3, -0.25) is 4.57 Å². The van der Waals surface area contributed by atoms with Gasteiger partial charge in [0.15, 0.2) is 11.6 Å². The number of nitrogens with zero attached hydrogens (tertiary/aromatic N) is 4. The van der Waals surface area contributed by atoms with Crippen LogP contribution < -0.4 is 0 Å². The van der Waals surface area contributed by atoms with Crippen molar-refractivity contribution in [2.24, 2.45) is 0 Å². The Morgan fingerprint density at radius 3 is 1.81 bits per heavy atom. The second-order valence-electron chi connectivity index (χ2n) is 15.3. The van der Waals surface area contributed by atoms with E-state index in [1.54, 1.807) is 60.7 Å². The highest BCUT2D eigenvalue weighted by molar-refractivity contribution is 6.18. The van der Waals surface area contributed by atoms with E-state index in [9.17, 15) is 5.48 Å². The van der Waals surface area contributed by atoms with Crippen molar-refractivity contribution in [3.63, 3.8) is 0 Å². The fourth-order valence-corrected chi connectivity index (χ4v) is 8.70. The lowest BCUT2D eigenvalue weighted by molar-refractivity contribution is 0.668. The molecule has 0 saturated heterocycles. The van der Waals surface area contributed by atoms with Crippen LogP contribution in [0.2, 0.25) is 0 Å². The molecule has 63 heavy (non-hydrogen) atoms. The summed E-state index contributed by atoms with van der Waals surface area (Å²) < 4.78 is 94.8. The minimum absolute atomic E-state index is 0.0462. The number of hydrogen-bond acceptors (Lipinski definition) is 5. The third kappa shape index (κ3) is 5.76. The Labute approximate surface area is 373 Å². The molecule has 0 bridgehead atoms. The highest BCUT2D eigenvalue weighted by Crippen LogP contribution is 2.41. The molecule has 0 fully saturated rings. The quantitative estimate of drug-likeness (QED) is 0.167. The standard InChI is InChI=1S/C57H34N4O2/c1-4-13-35(14-5-1)37-23-25-39(26-24-37)55-58-56(41-28-30-45-52(32-41)63-51-22-12-20-42(54(45)51)38-17-8-3-9-18-38)60-57(59-55)61-48-31-40(36-15-6-2-7-16-36)27-29-43(48)46-33-47-44-19-10-11-21-50(44)62-53(47)34-49(46)61/h1-34H/i3D,8D,9D,17D,18D,23D,24D,25D,26D. The van der Waals surface area contributed by atoms with Crippen molar-refractivity contribution in [1.29, 1.82) is 0 Å². The molecule has 294 valence electrons. The summed E-state index contributed by atoms with van der Waals surface area (Å²) in [6.07, 6.45) is 0. The predicted molar refractivity (Wildman–Crippen MR) is 256 cm³/mol. The number of hydrogen-bond donors (Lipinski definition) is 0. The summed E-state index contributed by atoms with van der Waals surface area (Å²) in [5, 5.41) is 4.83. The third-order valence-electron chi connectivity index (χ3n) is 11.6. The summed E-state index contributed by atoms with van der Waals surface area (Å²) in [6.45, 7) is 0. The molecule has 13 aromatic rings. The molecule has 0 radical (unpaired) electrons. The van der Waals surface area contributed by atoms with Crippen LogP contribution in [-0.2, 0) is 0 Å². The van der Waals surface area contributed by atoms with Crippen LogP contribution in [0.5, 0.6) is 0 Å². The van der Waals surface area contributed by atoms with Crippen LogP contribution in [0.25, 0.3) is 128 Å². The van der Waals surface area contributed by atoms with Gasteiger partial charge >= 0.3 is 0 Å². The summed E-state index contributed by atoms with van der Waals surface area (Å²) in [5.74, 6) is 0.165. The minimum Gasteiger partial charge on any atom is -0.456 e. The van der Waals surface area contributed by atoms with Crippen LogP contribution >= 0.6 is 0 Å². The van der Waals surface area contributed by atoms with Crippen LogP contribution in [0.15, 0.2) is 215 Å². The molecule has 0 atom stereocenters. The second-order valence-corrected chi connectivity index (χ2v) is 15.3. The summed E-state index contributed by atoms with van der Waals surface area (Å²) in [7, 11) is 0. The zero-order chi connectivity index (χ0) is 49.3. The number of para-hydroxylation sites is 1. The second kappa shape index (κ2) is 14.0. The SMILES string of the molecule is [2H]c1c([2H])c([2H])c(-c2cccc3oc4cc(-c5nc(-c6c([2H])c([2H])c(-c7ccccc7)c([2H])c6[2H])nc(-n6c7cc(-c8ccccc8)ccc7c7cc8c(cc76)oc6ccccc68)n5)ccc4c23)c([2H])c1[2H]. The fraction of sp³-hybridized carbons (Fsp3) is 0. The van der Waals surface area contributed by atoms with Gasteiger partial charge < -0.3 is 8.83 Å². The average Bonchev–Trinajstić information content (AvgIpc) is 4.08. The van der Waals surface area contributed by atoms with Crippen molar-refractivity contribution in [3.8, 4) is 62.1 Å². The molecule has 4 aromatic heterocycles. The van der Waals surface area contributed by atoms with E-state index in [0.717, 1.165) is 43.8 Å². The predicted octanol–water partition coefficient (Wildman–Crippen LogP) is 15.1. The molecule has 0 amide bonds. The van der Waals surface area contributed by atoms with Crippen molar-refractivity contribution in [2.45, 2.75) is 0 Å². The first-order chi connectivity index (χ1) is 34.9. The van der Waals surface area contributed by atoms with Gasteiger partial charge in [-0.1, -0.05) is 164 Å². The summed E-state index contributed by atoms with van der Waals surface area (Å²) >= 11 is 0. The molecular formula is C57H34N4O2. The van der Waals surface area contributed by atoms with Gasteiger partial charge in [-0.05, 0) is 69.8 Å². The molecule has 6 nitrogen and oxygen atoms in total. The third-order valence-corrected chi connectivity index (χ3v) is 11.6. The van der Waals surface area contributed by atoms with Crippen LogP contribution in [0, 0.1) is 0 Å². The average molecular weight is 816 g/mol. The Bertz CT molecular complexity index is 4400. The molecule has 0 aliphatic rings. The topological polar surface area (TPSA) is 69.9 Å². The molecule has 0 aliphatic heterocycles. The van der Waals surface area contributed by atoms with E-state index in [2.05, 4.69) is 24.3 Å². The summed E-state index contributed by atoms with van der Waals surface area (Å²) in [5.41, 5.74) is 7.02. The van der Waals surface area contributed by atoms with E-state index in [1.165, 1.54) is 0 Å². The molecule has 4 heterocycles. The molecule has 0 unspecified atom stereocenters. The van der Waals surface area contributed by atoms with Gasteiger partial charge in [0.1, 0.15) is 22.3 Å².